The van der Waals surface area contributed by atoms with Gasteiger partial charge in [-0.3, -0.25) is 4.79 Å². The van der Waals surface area contributed by atoms with E-state index in [1.165, 1.54) is 4.90 Å². The number of nitrogens with zero attached hydrogens (tertiary/aromatic N) is 1. The number of aryl methyl sites for hydroxylation is 1. The smallest absolute Gasteiger partial charge is 0.256 e. The fraction of sp³-hybridized carbons (Fsp3) is 0.462. The number of nitrogens with two attached hydrogens (primary N) is 1. The molecule has 5 nitrogen and oxygen atoms in total. The number of rotatable bonds is 3. The van der Waals surface area contributed by atoms with E-state index in [1.807, 2.05) is 18.2 Å². The number of carbonyl (C=O) groups is 1. The van der Waals surface area contributed by atoms with E-state index in [9.17, 15) is 9.90 Å². The van der Waals surface area contributed by atoms with Crippen LogP contribution in [0, 0.1) is 0 Å². The third-order valence-electron chi connectivity index (χ3n) is 3.12. The lowest BCUT2D eigenvalue weighted by molar-refractivity contribution is -0.125. The normalized spacial score (nSPS) is 15.5. The molecule has 0 saturated heterocycles. The predicted molar refractivity (Wildman–Crippen MR) is 68.7 cm³/mol. The fourth-order valence-electron chi connectivity index (χ4n) is 2.01. The van der Waals surface area contributed by atoms with Crippen LogP contribution in [0.1, 0.15) is 12.0 Å². The molecule has 1 aliphatic heterocycles. The van der Waals surface area contributed by atoms with Crippen LogP contribution in [0.25, 0.3) is 0 Å². The van der Waals surface area contributed by atoms with Crippen molar-refractivity contribution < 1.29 is 14.6 Å². The van der Waals surface area contributed by atoms with Gasteiger partial charge in [0.15, 0.2) is 0 Å². The minimum atomic E-state index is -1.15. The van der Waals surface area contributed by atoms with Crippen LogP contribution < -0.4 is 15.4 Å². The number of ether oxygens (including phenoxy) is 1. The minimum absolute atomic E-state index is 0.0722. The van der Waals surface area contributed by atoms with Crippen LogP contribution in [0.3, 0.4) is 0 Å². The maximum atomic E-state index is 11.8. The highest BCUT2D eigenvalue weighted by atomic mass is 16.5. The van der Waals surface area contributed by atoms with Gasteiger partial charge in [-0.1, -0.05) is 0 Å². The summed E-state index contributed by atoms with van der Waals surface area (Å²) in [4.78, 5) is 13.2. The second-order valence-electron chi connectivity index (χ2n) is 4.39. The zero-order chi connectivity index (χ0) is 13.1. The topological polar surface area (TPSA) is 75.8 Å². The number of benzene rings is 1. The van der Waals surface area contributed by atoms with E-state index < -0.39 is 12.0 Å². The highest BCUT2D eigenvalue weighted by Gasteiger charge is 2.20. The van der Waals surface area contributed by atoms with Crippen LogP contribution in [-0.2, 0) is 11.2 Å². The maximum Gasteiger partial charge on any atom is 0.256 e. The number of fused-ring (bicyclic) bond motifs is 1. The van der Waals surface area contributed by atoms with Crippen molar-refractivity contribution in [3.63, 3.8) is 0 Å². The van der Waals surface area contributed by atoms with E-state index in [4.69, 9.17) is 10.5 Å². The summed E-state index contributed by atoms with van der Waals surface area (Å²) >= 11 is 0. The molecule has 1 aromatic rings. The molecule has 2 rings (SSSR count). The first-order chi connectivity index (χ1) is 8.63. The number of anilines is 1. The number of carbonyl (C=O) groups excluding carboxylic acids is 1. The Kier molecular flexibility index (Phi) is 3.84. The van der Waals surface area contributed by atoms with Crippen LogP contribution in [-0.4, -0.2) is 37.3 Å². The fourth-order valence-corrected chi connectivity index (χ4v) is 2.01. The van der Waals surface area contributed by atoms with E-state index in [2.05, 4.69) is 0 Å². The lowest BCUT2D eigenvalue weighted by Crippen LogP contribution is -2.40. The molecule has 1 heterocycles. The minimum Gasteiger partial charge on any atom is -0.493 e. The van der Waals surface area contributed by atoms with Crippen molar-refractivity contribution >= 4 is 11.6 Å². The van der Waals surface area contributed by atoms with Gasteiger partial charge < -0.3 is 20.5 Å². The van der Waals surface area contributed by atoms with E-state index in [1.54, 1.807) is 7.05 Å². The summed E-state index contributed by atoms with van der Waals surface area (Å²) in [6.45, 7) is 0.671. The van der Waals surface area contributed by atoms with Crippen LogP contribution in [0.4, 0.5) is 5.69 Å². The molecular weight excluding hydrogens is 232 g/mol. The lowest BCUT2D eigenvalue weighted by Gasteiger charge is -2.23. The average molecular weight is 250 g/mol. The Balaban J connectivity index is 2.20. The summed E-state index contributed by atoms with van der Waals surface area (Å²) in [5.41, 5.74) is 7.13. The van der Waals surface area contributed by atoms with Crippen LogP contribution in [0.15, 0.2) is 18.2 Å². The molecule has 3 N–H and O–H groups in total. The molecule has 0 aliphatic carbocycles. The Morgan fingerprint density at radius 2 is 2.39 bits per heavy atom. The zero-order valence-electron chi connectivity index (χ0n) is 10.4. The molecule has 5 heteroatoms. The van der Waals surface area contributed by atoms with Gasteiger partial charge in [0, 0.05) is 19.3 Å². The molecule has 18 heavy (non-hydrogen) atoms. The van der Waals surface area contributed by atoms with Crippen molar-refractivity contribution in [1.29, 1.82) is 0 Å². The second-order valence-corrected chi connectivity index (χ2v) is 4.39. The van der Waals surface area contributed by atoms with Gasteiger partial charge in [-0.15, -0.1) is 0 Å². The van der Waals surface area contributed by atoms with E-state index >= 15 is 0 Å². The van der Waals surface area contributed by atoms with E-state index in [-0.39, 0.29) is 6.54 Å². The van der Waals surface area contributed by atoms with E-state index in [0.717, 1.165) is 36.4 Å². The monoisotopic (exact) mass is 250 g/mol. The first-order valence-corrected chi connectivity index (χ1v) is 6.05. The molecule has 98 valence electrons. The molecular formula is C13H18N2O3. The number of hydrogen-bond acceptors (Lipinski definition) is 4. The largest absolute Gasteiger partial charge is 0.493 e. The summed E-state index contributed by atoms with van der Waals surface area (Å²) in [7, 11) is 1.63. The van der Waals surface area contributed by atoms with Gasteiger partial charge in [0.25, 0.3) is 5.91 Å². The maximum absolute atomic E-state index is 11.8. The molecule has 0 radical (unpaired) electrons. The molecule has 1 aromatic carbocycles. The summed E-state index contributed by atoms with van der Waals surface area (Å²) in [5.74, 6) is 0.486. The summed E-state index contributed by atoms with van der Waals surface area (Å²) in [6, 6.07) is 5.60. The molecule has 0 bridgehead atoms. The Morgan fingerprint density at radius 1 is 1.61 bits per heavy atom. The zero-order valence-corrected chi connectivity index (χ0v) is 10.4. The van der Waals surface area contributed by atoms with Gasteiger partial charge in [0.2, 0.25) is 0 Å². The Bertz CT molecular complexity index is 448. The third-order valence-corrected chi connectivity index (χ3v) is 3.12. The Morgan fingerprint density at radius 3 is 3.11 bits per heavy atom. The molecule has 0 saturated carbocycles. The van der Waals surface area contributed by atoms with Gasteiger partial charge in [0.05, 0.1) is 6.61 Å². The van der Waals surface area contributed by atoms with Gasteiger partial charge in [-0.2, -0.15) is 0 Å². The molecule has 1 amide bonds. The average Bonchev–Trinajstić information content (AvgIpc) is 2.44. The summed E-state index contributed by atoms with van der Waals surface area (Å²) in [5, 5.41) is 9.46. The third kappa shape index (κ3) is 2.47. The molecule has 1 atom stereocenters. The molecule has 1 aliphatic rings. The van der Waals surface area contributed by atoms with Crippen molar-refractivity contribution in [2.75, 3.05) is 25.1 Å². The SMILES string of the molecule is CN(C(=O)C(O)CN)c1ccc2c(c1)CCCO2. The standard InChI is InChI=1S/C13H18N2O3/c1-15(13(17)11(16)8-14)10-4-5-12-9(7-10)3-2-6-18-12/h4-5,7,11,16H,2-3,6,8,14H2,1H3. The van der Waals surface area contributed by atoms with Crippen LogP contribution in [0.5, 0.6) is 5.75 Å². The second kappa shape index (κ2) is 5.37. The predicted octanol–water partition coefficient (Wildman–Crippen LogP) is 0.294. The molecule has 1 unspecified atom stereocenters. The molecule has 0 fully saturated rings. The van der Waals surface area contributed by atoms with Crippen molar-refractivity contribution in [2.24, 2.45) is 5.73 Å². The van der Waals surface area contributed by atoms with Crippen LogP contribution in [0.2, 0.25) is 0 Å². The number of aliphatic hydroxyl groups is 1. The Labute approximate surface area is 106 Å². The number of aliphatic hydroxyl groups excluding tert-OH is 1. The number of likely N-dealkylation sites (N-methyl/N-ethyl adjacent to an activating group) is 1. The Hall–Kier alpha value is -1.59. The van der Waals surface area contributed by atoms with Crippen molar-refractivity contribution in [1.82, 2.24) is 0 Å². The van der Waals surface area contributed by atoms with Crippen LogP contribution >= 0.6 is 0 Å². The first-order valence-electron chi connectivity index (χ1n) is 6.05. The molecule has 0 spiro atoms. The first kappa shape index (κ1) is 12.9. The van der Waals surface area contributed by atoms with Crippen molar-refractivity contribution in [2.45, 2.75) is 18.9 Å². The quantitative estimate of drug-likeness (QED) is 0.808. The van der Waals surface area contributed by atoms with Gasteiger partial charge in [-0.05, 0) is 36.6 Å². The summed E-state index contributed by atoms with van der Waals surface area (Å²) < 4.78 is 5.51. The summed E-state index contributed by atoms with van der Waals surface area (Å²) in [6.07, 6.45) is 0.784. The van der Waals surface area contributed by atoms with Gasteiger partial charge in [-0.25, -0.2) is 0 Å². The van der Waals surface area contributed by atoms with E-state index in [0.29, 0.717) is 0 Å². The lowest BCUT2D eigenvalue weighted by atomic mass is 10.1. The van der Waals surface area contributed by atoms with Crippen molar-refractivity contribution in [3.8, 4) is 5.75 Å². The number of amides is 1. The number of hydrogen-bond donors (Lipinski definition) is 2. The highest BCUT2D eigenvalue weighted by molar-refractivity contribution is 5.96. The van der Waals surface area contributed by atoms with Crippen molar-refractivity contribution in [3.05, 3.63) is 23.8 Å². The highest BCUT2D eigenvalue weighted by Crippen LogP contribution is 2.28. The van der Waals surface area contributed by atoms with Gasteiger partial charge in [0.1, 0.15) is 11.9 Å². The van der Waals surface area contributed by atoms with Gasteiger partial charge >= 0.3 is 0 Å². The molecule has 0 aromatic heterocycles.